The second-order valence-electron chi connectivity index (χ2n) is 3.49. The lowest BCUT2D eigenvalue weighted by atomic mass is 10.2. The second-order valence-corrected chi connectivity index (χ2v) is 3.49. The minimum Gasteiger partial charge on any atom is -0.356 e. The molecule has 0 saturated carbocycles. The average Bonchev–Trinajstić information content (AvgIpc) is 2.68. The van der Waals surface area contributed by atoms with Crippen LogP contribution in [0.5, 0.6) is 0 Å². The molecule has 0 amide bonds. The van der Waals surface area contributed by atoms with Crippen molar-refractivity contribution in [2.75, 3.05) is 11.9 Å². The molecule has 0 radical (unpaired) electrons. The molecule has 0 aliphatic carbocycles. The van der Waals surface area contributed by atoms with Gasteiger partial charge in [0.2, 0.25) is 5.95 Å². The molecular weight excluding hydrogens is 186 g/mol. The summed E-state index contributed by atoms with van der Waals surface area (Å²) in [6, 6.07) is 8.39. The van der Waals surface area contributed by atoms with Crippen molar-refractivity contribution in [3.8, 4) is 5.69 Å². The third kappa shape index (κ3) is 2.01. The molecule has 0 aliphatic rings. The van der Waals surface area contributed by atoms with Crippen molar-refractivity contribution in [1.29, 1.82) is 0 Å². The Bertz CT molecular complexity index is 428. The molecule has 2 aromatic rings. The summed E-state index contributed by atoms with van der Waals surface area (Å²) in [4.78, 5) is 4.26. The largest absolute Gasteiger partial charge is 0.356 e. The number of nitrogens with zero attached hydrogens (tertiary/aromatic N) is 2. The van der Waals surface area contributed by atoms with E-state index in [9.17, 15) is 0 Å². The Labute approximate surface area is 89.8 Å². The first kappa shape index (κ1) is 9.77. The van der Waals surface area contributed by atoms with Crippen LogP contribution in [0.25, 0.3) is 5.69 Å². The third-order valence-corrected chi connectivity index (χ3v) is 2.29. The molecule has 0 aliphatic heterocycles. The SMILES string of the molecule is CCNc1nccn1-c1ccc(C)cc1. The summed E-state index contributed by atoms with van der Waals surface area (Å²) in [5.41, 5.74) is 2.40. The molecule has 2 rings (SSSR count). The highest BCUT2D eigenvalue weighted by Crippen LogP contribution is 2.14. The van der Waals surface area contributed by atoms with Crippen LogP contribution < -0.4 is 5.32 Å². The van der Waals surface area contributed by atoms with Crippen molar-refractivity contribution >= 4 is 5.95 Å². The number of aromatic nitrogens is 2. The van der Waals surface area contributed by atoms with Gasteiger partial charge in [0.1, 0.15) is 0 Å². The average molecular weight is 201 g/mol. The molecule has 0 bridgehead atoms. The van der Waals surface area contributed by atoms with Crippen molar-refractivity contribution in [3.63, 3.8) is 0 Å². The summed E-state index contributed by atoms with van der Waals surface area (Å²) in [5.74, 6) is 0.890. The van der Waals surface area contributed by atoms with Gasteiger partial charge in [-0.05, 0) is 26.0 Å². The fraction of sp³-hybridized carbons (Fsp3) is 0.250. The Morgan fingerprint density at radius 1 is 1.27 bits per heavy atom. The number of hydrogen-bond acceptors (Lipinski definition) is 2. The van der Waals surface area contributed by atoms with Crippen molar-refractivity contribution in [2.45, 2.75) is 13.8 Å². The molecule has 1 heterocycles. The number of aryl methyl sites for hydroxylation is 1. The fourth-order valence-electron chi connectivity index (χ4n) is 1.51. The van der Waals surface area contributed by atoms with E-state index >= 15 is 0 Å². The standard InChI is InChI=1S/C12H15N3/c1-3-13-12-14-8-9-15(12)11-6-4-10(2)5-7-11/h4-9H,3H2,1-2H3,(H,13,14). The monoisotopic (exact) mass is 201 g/mol. The summed E-state index contributed by atoms with van der Waals surface area (Å²) in [7, 11) is 0. The summed E-state index contributed by atoms with van der Waals surface area (Å²) < 4.78 is 2.04. The Morgan fingerprint density at radius 3 is 2.67 bits per heavy atom. The number of nitrogens with one attached hydrogen (secondary N) is 1. The van der Waals surface area contributed by atoms with E-state index in [1.165, 1.54) is 5.56 Å². The van der Waals surface area contributed by atoms with Gasteiger partial charge in [-0.2, -0.15) is 0 Å². The zero-order valence-electron chi connectivity index (χ0n) is 9.07. The van der Waals surface area contributed by atoms with Gasteiger partial charge in [-0.3, -0.25) is 4.57 Å². The number of anilines is 1. The van der Waals surface area contributed by atoms with Crippen LogP contribution in [0.4, 0.5) is 5.95 Å². The number of benzene rings is 1. The van der Waals surface area contributed by atoms with Crippen LogP contribution in [0.1, 0.15) is 12.5 Å². The van der Waals surface area contributed by atoms with E-state index in [-0.39, 0.29) is 0 Å². The highest BCUT2D eigenvalue weighted by atomic mass is 15.2. The first-order valence-corrected chi connectivity index (χ1v) is 5.15. The highest BCUT2D eigenvalue weighted by molar-refractivity contribution is 5.42. The Kier molecular flexibility index (Phi) is 2.72. The van der Waals surface area contributed by atoms with Crippen LogP contribution >= 0.6 is 0 Å². The summed E-state index contributed by atoms with van der Waals surface area (Å²) >= 11 is 0. The molecule has 1 aromatic heterocycles. The van der Waals surface area contributed by atoms with Gasteiger partial charge in [0.05, 0.1) is 0 Å². The first-order chi connectivity index (χ1) is 7.31. The number of hydrogen-bond donors (Lipinski definition) is 1. The van der Waals surface area contributed by atoms with Crippen molar-refractivity contribution in [3.05, 3.63) is 42.2 Å². The molecule has 3 nitrogen and oxygen atoms in total. The van der Waals surface area contributed by atoms with E-state index in [0.717, 1.165) is 18.2 Å². The van der Waals surface area contributed by atoms with Crippen LogP contribution in [0, 0.1) is 6.92 Å². The molecule has 0 fully saturated rings. The molecule has 0 unspecified atom stereocenters. The predicted octanol–water partition coefficient (Wildman–Crippen LogP) is 2.61. The topological polar surface area (TPSA) is 29.9 Å². The highest BCUT2D eigenvalue weighted by Gasteiger charge is 2.02. The number of imidazole rings is 1. The molecule has 1 aromatic carbocycles. The lowest BCUT2D eigenvalue weighted by Gasteiger charge is -2.08. The van der Waals surface area contributed by atoms with Crippen LogP contribution in [0.2, 0.25) is 0 Å². The van der Waals surface area contributed by atoms with E-state index in [1.54, 1.807) is 6.20 Å². The predicted molar refractivity (Wildman–Crippen MR) is 62.5 cm³/mol. The Balaban J connectivity index is 2.36. The van der Waals surface area contributed by atoms with E-state index < -0.39 is 0 Å². The second kappa shape index (κ2) is 4.17. The molecule has 0 atom stereocenters. The molecular formula is C12H15N3. The molecule has 78 valence electrons. The maximum Gasteiger partial charge on any atom is 0.207 e. The van der Waals surface area contributed by atoms with Gasteiger partial charge in [-0.25, -0.2) is 4.98 Å². The maximum atomic E-state index is 4.26. The minimum absolute atomic E-state index is 0.878. The van der Waals surface area contributed by atoms with E-state index in [2.05, 4.69) is 48.4 Å². The number of rotatable bonds is 3. The van der Waals surface area contributed by atoms with Gasteiger partial charge >= 0.3 is 0 Å². The zero-order valence-corrected chi connectivity index (χ0v) is 9.07. The van der Waals surface area contributed by atoms with Crippen LogP contribution in [0.3, 0.4) is 0 Å². The Morgan fingerprint density at radius 2 is 2.00 bits per heavy atom. The summed E-state index contributed by atoms with van der Waals surface area (Å²) in [6.07, 6.45) is 3.76. The molecule has 0 spiro atoms. The van der Waals surface area contributed by atoms with E-state index in [1.807, 2.05) is 10.8 Å². The lowest BCUT2D eigenvalue weighted by Crippen LogP contribution is -2.04. The van der Waals surface area contributed by atoms with Gasteiger partial charge in [0.25, 0.3) is 0 Å². The van der Waals surface area contributed by atoms with Gasteiger partial charge in [0, 0.05) is 24.6 Å². The van der Waals surface area contributed by atoms with E-state index in [4.69, 9.17) is 0 Å². The van der Waals surface area contributed by atoms with Crippen molar-refractivity contribution < 1.29 is 0 Å². The van der Waals surface area contributed by atoms with Crippen LogP contribution in [-0.4, -0.2) is 16.1 Å². The Hall–Kier alpha value is -1.77. The first-order valence-electron chi connectivity index (χ1n) is 5.15. The third-order valence-electron chi connectivity index (χ3n) is 2.29. The quantitative estimate of drug-likeness (QED) is 0.827. The van der Waals surface area contributed by atoms with E-state index in [0.29, 0.717) is 0 Å². The maximum absolute atomic E-state index is 4.26. The molecule has 1 N–H and O–H groups in total. The summed E-state index contributed by atoms with van der Waals surface area (Å²) in [5, 5.41) is 3.22. The fourth-order valence-corrected chi connectivity index (χ4v) is 1.51. The van der Waals surface area contributed by atoms with Gasteiger partial charge in [-0.1, -0.05) is 17.7 Å². The molecule has 15 heavy (non-hydrogen) atoms. The molecule has 3 heteroatoms. The van der Waals surface area contributed by atoms with Gasteiger partial charge < -0.3 is 5.32 Å². The smallest absolute Gasteiger partial charge is 0.207 e. The van der Waals surface area contributed by atoms with Crippen molar-refractivity contribution in [2.24, 2.45) is 0 Å². The van der Waals surface area contributed by atoms with Crippen LogP contribution in [0.15, 0.2) is 36.7 Å². The minimum atomic E-state index is 0.878. The lowest BCUT2D eigenvalue weighted by molar-refractivity contribution is 1.02. The summed E-state index contributed by atoms with van der Waals surface area (Å²) in [6.45, 7) is 5.03. The van der Waals surface area contributed by atoms with Gasteiger partial charge in [0.15, 0.2) is 0 Å². The van der Waals surface area contributed by atoms with Crippen molar-refractivity contribution in [1.82, 2.24) is 9.55 Å². The van der Waals surface area contributed by atoms with Crippen LogP contribution in [-0.2, 0) is 0 Å². The normalized spacial score (nSPS) is 10.3. The van der Waals surface area contributed by atoms with Gasteiger partial charge in [-0.15, -0.1) is 0 Å². The zero-order chi connectivity index (χ0) is 10.7. The molecule has 0 saturated heterocycles.